The highest BCUT2D eigenvalue weighted by Gasteiger charge is 2.37. The van der Waals surface area contributed by atoms with Crippen molar-refractivity contribution in [3.63, 3.8) is 0 Å². The first-order valence-corrected chi connectivity index (χ1v) is 9.44. The highest BCUT2D eigenvalue weighted by molar-refractivity contribution is 6.31. The third-order valence-corrected chi connectivity index (χ3v) is 5.90. The van der Waals surface area contributed by atoms with Crippen LogP contribution in [0.2, 0.25) is 5.02 Å². The number of nitrogens with one attached hydrogen (secondary N) is 1. The van der Waals surface area contributed by atoms with Crippen LogP contribution in [0.1, 0.15) is 31.2 Å². The molecule has 7 heteroatoms. The molecule has 2 saturated heterocycles. The van der Waals surface area contributed by atoms with E-state index in [4.69, 9.17) is 26.8 Å². The lowest BCUT2D eigenvalue weighted by atomic mass is 9.74. The quantitative estimate of drug-likeness (QED) is 0.793. The minimum atomic E-state index is -0.480. The van der Waals surface area contributed by atoms with E-state index in [1.54, 1.807) is 0 Å². The van der Waals surface area contributed by atoms with E-state index in [2.05, 4.69) is 11.4 Å². The molecule has 2 aliphatic rings. The summed E-state index contributed by atoms with van der Waals surface area (Å²) >= 11 is 6.45. The summed E-state index contributed by atoms with van der Waals surface area (Å²) in [4.78, 5) is 12.6. The summed E-state index contributed by atoms with van der Waals surface area (Å²) in [6.07, 6.45) is 3.36. The number of rotatable bonds is 5. The van der Waals surface area contributed by atoms with Gasteiger partial charge in [-0.1, -0.05) is 29.8 Å². The van der Waals surface area contributed by atoms with Gasteiger partial charge in [0, 0.05) is 43.4 Å². The molecule has 3 N–H and O–H groups in total. The summed E-state index contributed by atoms with van der Waals surface area (Å²) in [6, 6.07) is 7.40. The maximum Gasteiger partial charge on any atom is 0.237 e. The number of hydrogen-bond acceptors (Lipinski definition) is 4. The normalized spacial score (nSPS) is 21.5. The van der Waals surface area contributed by atoms with E-state index in [9.17, 15) is 4.79 Å². The Hall–Kier alpha value is -0.850. The molecule has 146 valence electrons. The molecule has 5 nitrogen and oxygen atoms in total. The third kappa shape index (κ3) is 4.90. The molecule has 1 unspecified atom stereocenters. The molecule has 0 aliphatic carbocycles. The summed E-state index contributed by atoms with van der Waals surface area (Å²) in [5.74, 6) is 0.115. The fourth-order valence-electron chi connectivity index (χ4n) is 3.86. The summed E-state index contributed by atoms with van der Waals surface area (Å²) in [6.45, 7) is 3.26. The van der Waals surface area contributed by atoms with Gasteiger partial charge in [0.1, 0.15) is 0 Å². The number of ether oxygens (including phenoxy) is 2. The van der Waals surface area contributed by atoms with Gasteiger partial charge in [-0.05, 0) is 43.2 Å². The van der Waals surface area contributed by atoms with Gasteiger partial charge in [-0.2, -0.15) is 0 Å². The minimum absolute atomic E-state index is 0. The van der Waals surface area contributed by atoms with Gasteiger partial charge in [-0.15, -0.1) is 12.4 Å². The van der Waals surface area contributed by atoms with Crippen LogP contribution < -0.4 is 11.1 Å². The summed E-state index contributed by atoms with van der Waals surface area (Å²) in [5, 5.41) is 3.84. The first kappa shape index (κ1) is 21.5. The summed E-state index contributed by atoms with van der Waals surface area (Å²) < 4.78 is 10.9. The van der Waals surface area contributed by atoms with E-state index in [0.29, 0.717) is 33.0 Å². The van der Waals surface area contributed by atoms with Crippen molar-refractivity contribution < 1.29 is 14.3 Å². The third-order valence-electron chi connectivity index (χ3n) is 5.57. The Morgan fingerprint density at radius 1 is 1.19 bits per heavy atom. The van der Waals surface area contributed by atoms with Gasteiger partial charge in [0.2, 0.25) is 5.91 Å². The van der Waals surface area contributed by atoms with Gasteiger partial charge in [0.15, 0.2) is 0 Å². The van der Waals surface area contributed by atoms with E-state index < -0.39 is 6.04 Å². The predicted molar refractivity (Wildman–Crippen MR) is 105 cm³/mol. The van der Waals surface area contributed by atoms with Crippen molar-refractivity contribution in [1.82, 2.24) is 5.32 Å². The van der Waals surface area contributed by atoms with Crippen molar-refractivity contribution in [2.75, 3.05) is 33.0 Å². The SMILES string of the molecule is Cl.NC(C(=O)NCC1(c2ccccc2Cl)CCOCC1)C1CCOCC1. The molecule has 2 heterocycles. The van der Waals surface area contributed by atoms with Crippen LogP contribution in [-0.4, -0.2) is 44.9 Å². The second-order valence-corrected chi connectivity index (χ2v) is 7.47. The Kier molecular flexibility index (Phi) is 8.17. The van der Waals surface area contributed by atoms with Gasteiger partial charge in [0.05, 0.1) is 6.04 Å². The Labute approximate surface area is 166 Å². The van der Waals surface area contributed by atoms with E-state index >= 15 is 0 Å². The van der Waals surface area contributed by atoms with Crippen LogP contribution >= 0.6 is 24.0 Å². The van der Waals surface area contributed by atoms with E-state index in [1.165, 1.54) is 0 Å². The zero-order valence-electron chi connectivity index (χ0n) is 14.9. The molecule has 1 aromatic rings. The second-order valence-electron chi connectivity index (χ2n) is 7.07. The highest BCUT2D eigenvalue weighted by Crippen LogP contribution is 2.38. The van der Waals surface area contributed by atoms with Crippen LogP contribution in [0.4, 0.5) is 0 Å². The van der Waals surface area contributed by atoms with Crippen molar-refractivity contribution in [2.24, 2.45) is 11.7 Å². The Balaban J connectivity index is 0.00000243. The monoisotopic (exact) mass is 402 g/mol. The van der Waals surface area contributed by atoms with Crippen LogP contribution in [0.3, 0.4) is 0 Å². The number of benzene rings is 1. The van der Waals surface area contributed by atoms with E-state index in [1.807, 2.05) is 18.2 Å². The molecule has 0 radical (unpaired) electrons. The lowest BCUT2D eigenvalue weighted by molar-refractivity contribution is -0.124. The number of amides is 1. The van der Waals surface area contributed by atoms with Crippen molar-refractivity contribution >= 4 is 29.9 Å². The van der Waals surface area contributed by atoms with Gasteiger partial charge >= 0.3 is 0 Å². The number of carbonyl (C=O) groups excluding carboxylic acids is 1. The summed E-state index contributed by atoms with van der Waals surface area (Å²) in [5.41, 5.74) is 7.09. The molecule has 2 aliphatic heterocycles. The van der Waals surface area contributed by atoms with Crippen molar-refractivity contribution in [2.45, 2.75) is 37.1 Å². The maximum absolute atomic E-state index is 12.6. The van der Waals surface area contributed by atoms with Crippen LogP contribution in [0.5, 0.6) is 0 Å². The summed E-state index contributed by atoms with van der Waals surface area (Å²) in [7, 11) is 0. The fraction of sp³-hybridized carbons (Fsp3) is 0.632. The average Bonchev–Trinajstić information content (AvgIpc) is 2.67. The number of hydrogen-bond donors (Lipinski definition) is 2. The smallest absolute Gasteiger partial charge is 0.237 e. The minimum Gasteiger partial charge on any atom is -0.381 e. The topological polar surface area (TPSA) is 73.6 Å². The van der Waals surface area contributed by atoms with Gasteiger partial charge < -0.3 is 20.5 Å². The molecule has 26 heavy (non-hydrogen) atoms. The predicted octanol–water partition coefficient (Wildman–Crippen LogP) is 2.68. The van der Waals surface area contributed by atoms with Crippen LogP contribution in [-0.2, 0) is 19.7 Å². The molecule has 0 aromatic heterocycles. The number of halogens is 2. The molecule has 3 rings (SSSR count). The number of nitrogens with two attached hydrogens (primary N) is 1. The van der Waals surface area contributed by atoms with Gasteiger partial charge in [-0.25, -0.2) is 0 Å². The van der Waals surface area contributed by atoms with Crippen LogP contribution in [0.25, 0.3) is 0 Å². The molecule has 0 bridgehead atoms. The molecular formula is C19H28Cl2N2O3. The molecule has 0 spiro atoms. The van der Waals surface area contributed by atoms with Gasteiger partial charge in [0.25, 0.3) is 0 Å². The van der Waals surface area contributed by atoms with Crippen LogP contribution in [0.15, 0.2) is 24.3 Å². The maximum atomic E-state index is 12.6. The molecule has 2 fully saturated rings. The number of carbonyl (C=O) groups is 1. The van der Waals surface area contributed by atoms with Crippen molar-refractivity contribution in [3.8, 4) is 0 Å². The first-order chi connectivity index (χ1) is 12.1. The van der Waals surface area contributed by atoms with E-state index in [0.717, 1.165) is 36.3 Å². The Morgan fingerprint density at radius 3 is 2.46 bits per heavy atom. The molecule has 1 atom stereocenters. The molecular weight excluding hydrogens is 375 g/mol. The molecule has 0 saturated carbocycles. The highest BCUT2D eigenvalue weighted by atomic mass is 35.5. The average molecular weight is 403 g/mol. The largest absolute Gasteiger partial charge is 0.381 e. The molecule has 1 amide bonds. The molecule has 1 aromatic carbocycles. The van der Waals surface area contributed by atoms with Crippen LogP contribution in [0, 0.1) is 5.92 Å². The van der Waals surface area contributed by atoms with Crippen molar-refractivity contribution in [1.29, 1.82) is 0 Å². The lowest BCUT2D eigenvalue weighted by Gasteiger charge is -2.39. The zero-order chi connectivity index (χ0) is 17.7. The zero-order valence-corrected chi connectivity index (χ0v) is 16.5. The lowest BCUT2D eigenvalue weighted by Crippen LogP contribution is -2.51. The first-order valence-electron chi connectivity index (χ1n) is 9.06. The van der Waals surface area contributed by atoms with E-state index in [-0.39, 0.29) is 29.6 Å². The Morgan fingerprint density at radius 2 is 1.81 bits per heavy atom. The second kappa shape index (κ2) is 9.90. The fourth-order valence-corrected chi connectivity index (χ4v) is 4.19. The standard InChI is InChI=1S/C19H27ClN2O3.ClH/c20-16-4-2-1-3-15(16)19(7-11-25-12-8-19)13-22-18(23)17(21)14-5-9-24-10-6-14;/h1-4,14,17H,5-13,21H2,(H,22,23);1H. The van der Waals surface area contributed by atoms with Crippen molar-refractivity contribution in [3.05, 3.63) is 34.9 Å². The van der Waals surface area contributed by atoms with Gasteiger partial charge in [-0.3, -0.25) is 4.79 Å². The Bertz CT molecular complexity index is 588.